The van der Waals surface area contributed by atoms with Crippen LogP contribution in [0, 0.1) is 0 Å². The standard InChI is InChI=1S/C10H20N2O6.2C2H4O2/c13-9(14)7-11-1-3-17-5-6-18-4-2-12-8-10(15)16;2*1-2(3)4/h11-12H,1-8H2,(H,13,14)(H,15,16);2*1H3,(H,3,4). The second kappa shape index (κ2) is 22.7. The predicted molar refractivity (Wildman–Crippen MR) is 89.3 cm³/mol. The van der Waals surface area contributed by atoms with Crippen LogP contribution in [0.5, 0.6) is 0 Å². The summed E-state index contributed by atoms with van der Waals surface area (Å²) in [6.07, 6.45) is 0. The number of aliphatic carboxylic acids is 4. The zero-order valence-corrected chi connectivity index (χ0v) is 14.9. The number of carbonyl (C=O) groups is 4. The molecular formula is C14H28N2O10. The Kier molecular flexibility index (Phi) is 24.9. The molecule has 0 radical (unpaired) electrons. The molecule has 0 rings (SSSR count). The van der Waals surface area contributed by atoms with Crippen molar-refractivity contribution in [1.82, 2.24) is 10.6 Å². The smallest absolute Gasteiger partial charge is 0.317 e. The van der Waals surface area contributed by atoms with Gasteiger partial charge in [0.15, 0.2) is 0 Å². The van der Waals surface area contributed by atoms with Crippen molar-refractivity contribution in [3.8, 4) is 0 Å². The third-order valence-electron chi connectivity index (χ3n) is 1.77. The van der Waals surface area contributed by atoms with Crippen molar-refractivity contribution in [2.24, 2.45) is 0 Å². The number of ether oxygens (including phenoxy) is 2. The quantitative estimate of drug-likeness (QED) is 0.203. The van der Waals surface area contributed by atoms with Crippen LogP contribution >= 0.6 is 0 Å². The van der Waals surface area contributed by atoms with Crippen LogP contribution < -0.4 is 10.6 Å². The zero-order chi connectivity index (χ0) is 20.8. The van der Waals surface area contributed by atoms with Gasteiger partial charge in [-0.05, 0) is 0 Å². The largest absolute Gasteiger partial charge is 0.481 e. The molecule has 0 saturated heterocycles. The number of carboxylic acid groups (broad SMARTS) is 4. The molecule has 12 heteroatoms. The van der Waals surface area contributed by atoms with Gasteiger partial charge >= 0.3 is 11.9 Å². The first-order chi connectivity index (χ1) is 12.1. The van der Waals surface area contributed by atoms with Gasteiger partial charge in [0.25, 0.3) is 11.9 Å². The Hall–Kier alpha value is -2.28. The van der Waals surface area contributed by atoms with Crippen molar-refractivity contribution in [3.63, 3.8) is 0 Å². The SMILES string of the molecule is CC(=O)O.CC(=O)O.O=C(O)CNCCOCCOCCNCC(=O)O. The van der Waals surface area contributed by atoms with Crippen LogP contribution in [0.15, 0.2) is 0 Å². The summed E-state index contributed by atoms with van der Waals surface area (Å²) in [6.45, 7) is 4.67. The second-order valence-electron chi connectivity index (χ2n) is 4.40. The highest BCUT2D eigenvalue weighted by Crippen LogP contribution is 1.78. The van der Waals surface area contributed by atoms with Gasteiger partial charge in [0, 0.05) is 26.9 Å². The van der Waals surface area contributed by atoms with Crippen LogP contribution in [-0.4, -0.2) is 96.9 Å². The molecule has 0 aliphatic carbocycles. The van der Waals surface area contributed by atoms with Crippen molar-refractivity contribution < 1.29 is 49.1 Å². The van der Waals surface area contributed by atoms with Crippen molar-refractivity contribution >= 4 is 23.9 Å². The summed E-state index contributed by atoms with van der Waals surface area (Å²) in [4.78, 5) is 38.3. The average Bonchev–Trinajstić information content (AvgIpc) is 2.46. The van der Waals surface area contributed by atoms with Crippen LogP contribution in [0.3, 0.4) is 0 Å². The van der Waals surface area contributed by atoms with Crippen molar-refractivity contribution in [2.45, 2.75) is 13.8 Å². The number of nitrogens with one attached hydrogen (secondary N) is 2. The molecule has 0 aliphatic rings. The maximum Gasteiger partial charge on any atom is 0.317 e. The van der Waals surface area contributed by atoms with Crippen LogP contribution in [0.1, 0.15) is 13.8 Å². The molecule has 26 heavy (non-hydrogen) atoms. The molecule has 0 aromatic rings. The van der Waals surface area contributed by atoms with Crippen molar-refractivity contribution in [2.75, 3.05) is 52.6 Å². The molecule has 0 amide bonds. The van der Waals surface area contributed by atoms with E-state index in [1.165, 1.54) is 0 Å². The first kappa shape index (κ1) is 28.5. The van der Waals surface area contributed by atoms with Crippen LogP contribution in [0.25, 0.3) is 0 Å². The Morgan fingerprint density at radius 3 is 1.15 bits per heavy atom. The topological polar surface area (TPSA) is 192 Å². The molecule has 0 aliphatic heterocycles. The summed E-state index contributed by atoms with van der Waals surface area (Å²) in [5.74, 6) is -3.46. The molecule has 0 heterocycles. The Balaban J connectivity index is -0.000000551. The molecule has 154 valence electrons. The van der Waals surface area contributed by atoms with E-state index in [1.807, 2.05) is 0 Å². The first-order valence-corrected chi connectivity index (χ1v) is 7.49. The monoisotopic (exact) mass is 384 g/mol. The number of carboxylic acids is 4. The molecule has 0 unspecified atom stereocenters. The predicted octanol–water partition coefficient (Wildman–Crippen LogP) is -1.45. The molecule has 6 N–H and O–H groups in total. The van der Waals surface area contributed by atoms with Crippen molar-refractivity contribution in [3.05, 3.63) is 0 Å². The molecule has 12 nitrogen and oxygen atoms in total. The van der Waals surface area contributed by atoms with Gasteiger partial charge in [-0.25, -0.2) is 0 Å². The van der Waals surface area contributed by atoms with Crippen LogP contribution in [-0.2, 0) is 28.7 Å². The molecule has 0 aromatic carbocycles. The van der Waals surface area contributed by atoms with E-state index in [-0.39, 0.29) is 13.1 Å². The Morgan fingerprint density at radius 2 is 0.923 bits per heavy atom. The lowest BCUT2D eigenvalue weighted by molar-refractivity contribution is -0.137. The highest BCUT2D eigenvalue weighted by molar-refractivity contribution is 5.69. The molecule has 0 bridgehead atoms. The van der Waals surface area contributed by atoms with Gasteiger partial charge in [0.2, 0.25) is 0 Å². The molecule has 0 atom stereocenters. The van der Waals surface area contributed by atoms with E-state index in [0.29, 0.717) is 39.5 Å². The van der Waals surface area contributed by atoms with E-state index in [4.69, 9.17) is 39.5 Å². The minimum Gasteiger partial charge on any atom is -0.481 e. The Morgan fingerprint density at radius 1 is 0.654 bits per heavy atom. The van der Waals surface area contributed by atoms with E-state index in [9.17, 15) is 9.59 Å². The van der Waals surface area contributed by atoms with Gasteiger partial charge in [-0.3, -0.25) is 19.2 Å². The third-order valence-corrected chi connectivity index (χ3v) is 1.77. The van der Waals surface area contributed by atoms with Gasteiger partial charge in [-0.15, -0.1) is 0 Å². The zero-order valence-electron chi connectivity index (χ0n) is 14.9. The fourth-order valence-electron chi connectivity index (χ4n) is 1.00. The minimum absolute atomic E-state index is 0.0743. The molecular weight excluding hydrogens is 356 g/mol. The summed E-state index contributed by atoms with van der Waals surface area (Å²) in [6, 6.07) is 0. The van der Waals surface area contributed by atoms with Crippen molar-refractivity contribution in [1.29, 1.82) is 0 Å². The van der Waals surface area contributed by atoms with E-state index < -0.39 is 23.9 Å². The van der Waals surface area contributed by atoms with Gasteiger partial charge in [0.05, 0.1) is 39.5 Å². The number of hydrogen-bond acceptors (Lipinski definition) is 8. The fourth-order valence-corrected chi connectivity index (χ4v) is 1.00. The van der Waals surface area contributed by atoms with E-state index >= 15 is 0 Å². The van der Waals surface area contributed by atoms with Crippen LogP contribution in [0.2, 0.25) is 0 Å². The normalized spacial score (nSPS) is 9.15. The van der Waals surface area contributed by atoms with Gasteiger partial charge < -0.3 is 40.5 Å². The summed E-state index contributed by atoms with van der Waals surface area (Å²) in [7, 11) is 0. The summed E-state index contributed by atoms with van der Waals surface area (Å²) >= 11 is 0. The molecule has 0 fully saturated rings. The number of hydrogen-bond donors (Lipinski definition) is 6. The molecule has 0 saturated carbocycles. The van der Waals surface area contributed by atoms with Gasteiger partial charge in [-0.1, -0.05) is 0 Å². The maximum atomic E-state index is 10.1. The lowest BCUT2D eigenvalue weighted by atomic mass is 10.6. The van der Waals surface area contributed by atoms with Crippen LogP contribution in [0.4, 0.5) is 0 Å². The summed E-state index contributed by atoms with van der Waals surface area (Å²) in [5.41, 5.74) is 0. The van der Waals surface area contributed by atoms with Gasteiger partial charge in [-0.2, -0.15) is 0 Å². The summed E-state index contributed by atoms with van der Waals surface area (Å²) < 4.78 is 10.3. The van der Waals surface area contributed by atoms with E-state index in [1.54, 1.807) is 0 Å². The maximum absolute atomic E-state index is 10.1. The average molecular weight is 384 g/mol. The van der Waals surface area contributed by atoms with E-state index in [2.05, 4.69) is 10.6 Å². The summed E-state index contributed by atoms with van der Waals surface area (Å²) in [5, 5.41) is 36.9. The third kappa shape index (κ3) is 57.6. The van der Waals surface area contributed by atoms with Gasteiger partial charge in [0.1, 0.15) is 0 Å². The fraction of sp³-hybridized carbons (Fsp3) is 0.714. The highest BCUT2D eigenvalue weighted by Gasteiger charge is 1.96. The second-order valence-corrected chi connectivity index (χ2v) is 4.40. The lowest BCUT2D eigenvalue weighted by Crippen LogP contribution is -2.27. The van der Waals surface area contributed by atoms with E-state index in [0.717, 1.165) is 13.8 Å². The Bertz CT molecular complexity index is 346. The number of rotatable bonds is 13. The first-order valence-electron chi connectivity index (χ1n) is 7.49. The molecule has 0 aromatic heterocycles. The minimum atomic E-state index is -0.896. The highest BCUT2D eigenvalue weighted by atomic mass is 16.5. The lowest BCUT2D eigenvalue weighted by Gasteiger charge is -2.06. The Labute approximate surface area is 151 Å². The molecule has 0 spiro atoms.